The molecule has 34 heavy (non-hydrogen) atoms. The maximum absolute atomic E-state index is 12.3. The van der Waals surface area contributed by atoms with Gasteiger partial charge < -0.3 is 10.4 Å². The van der Waals surface area contributed by atoms with E-state index in [9.17, 15) is 9.90 Å². The van der Waals surface area contributed by atoms with Crippen LogP contribution in [-0.2, 0) is 17.6 Å². The van der Waals surface area contributed by atoms with Gasteiger partial charge >= 0.3 is 5.97 Å². The van der Waals surface area contributed by atoms with E-state index >= 15 is 0 Å². The molecule has 0 bridgehead atoms. The van der Waals surface area contributed by atoms with Crippen molar-refractivity contribution < 1.29 is 9.90 Å². The number of carboxylic acid groups (broad SMARTS) is 1. The number of rotatable bonds is 10. The Bertz CT molecular complexity index is 1010. The highest BCUT2D eigenvalue weighted by atomic mass is 16.4. The van der Waals surface area contributed by atoms with Crippen LogP contribution in [0.15, 0.2) is 30.5 Å². The first-order valence-corrected chi connectivity index (χ1v) is 13.2. The van der Waals surface area contributed by atoms with Crippen LogP contribution < -0.4 is 5.32 Å². The predicted octanol–water partition coefficient (Wildman–Crippen LogP) is 5.21. The molecule has 0 spiro atoms. The number of aryl methyl sites for hydroxylation is 2. The van der Waals surface area contributed by atoms with Gasteiger partial charge in [-0.15, -0.1) is 0 Å². The first kappa shape index (κ1) is 23.3. The van der Waals surface area contributed by atoms with Gasteiger partial charge in [0.1, 0.15) is 11.9 Å². The number of fused-ring (bicyclic) bond motifs is 1. The summed E-state index contributed by atoms with van der Waals surface area (Å²) >= 11 is 0. The quantitative estimate of drug-likeness (QED) is 0.472. The van der Waals surface area contributed by atoms with Gasteiger partial charge in [0.15, 0.2) is 0 Å². The molecule has 1 aliphatic carbocycles. The van der Waals surface area contributed by atoms with Gasteiger partial charge in [0.05, 0.1) is 0 Å². The highest BCUT2D eigenvalue weighted by Crippen LogP contribution is 2.43. The number of aliphatic carboxylic acids is 1. The number of anilines is 1. The molecule has 0 aromatic carbocycles. The summed E-state index contributed by atoms with van der Waals surface area (Å²) in [6, 6.07) is 7.76. The van der Waals surface area contributed by atoms with Crippen molar-refractivity contribution in [2.75, 3.05) is 25.0 Å². The zero-order chi connectivity index (χ0) is 23.5. The molecule has 2 aromatic heterocycles. The van der Waals surface area contributed by atoms with E-state index in [-0.39, 0.29) is 0 Å². The van der Waals surface area contributed by atoms with Crippen molar-refractivity contribution in [3.05, 3.63) is 53.0 Å². The van der Waals surface area contributed by atoms with Crippen molar-refractivity contribution in [2.24, 2.45) is 11.8 Å². The Balaban J connectivity index is 1.12. The van der Waals surface area contributed by atoms with Gasteiger partial charge in [0, 0.05) is 42.2 Å². The lowest BCUT2D eigenvalue weighted by atomic mass is 9.88. The van der Waals surface area contributed by atoms with Crippen LogP contribution in [0.4, 0.5) is 5.82 Å². The molecule has 0 radical (unpaired) electrons. The molecule has 2 aromatic rings. The number of carbonyl (C=O) groups is 1. The second kappa shape index (κ2) is 10.4. The van der Waals surface area contributed by atoms with Crippen LogP contribution in [0.2, 0.25) is 0 Å². The Kier molecular flexibility index (Phi) is 7.14. The van der Waals surface area contributed by atoms with Gasteiger partial charge in [0.2, 0.25) is 0 Å². The van der Waals surface area contributed by atoms with E-state index in [0.717, 1.165) is 75.2 Å². The molecular weight excluding hydrogens is 424 g/mol. The molecule has 0 amide bonds. The van der Waals surface area contributed by atoms with E-state index in [4.69, 9.17) is 4.98 Å². The fourth-order valence-electron chi connectivity index (χ4n) is 5.88. The number of nitrogens with one attached hydrogen (secondary N) is 1. The minimum Gasteiger partial charge on any atom is -0.480 e. The fraction of sp³-hybridized carbons (Fsp3) is 0.607. The molecule has 1 saturated heterocycles. The SMILES string of the molecule is CC(CCCCc1ccc2c(n1)NCCC2)[C@@H]1CCN(C(C(=O)O)c2cccnc2C2CC2)C1. The number of likely N-dealkylation sites (tertiary alicyclic amines) is 1. The molecule has 6 nitrogen and oxygen atoms in total. The minimum absolute atomic E-state index is 0.454. The van der Waals surface area contributed by atoms with Crippen LogP contribution in [0.1, 0.15) is 86.3 Å². The molecule has 2 aliphatic heterocycles. The summed E-state index contributed by atoms with van der Waals surface area (Å²) in [5.74, 6) is 1.98. The van der Waals surface area contributed by atoms with Crippen molar-refractivity contribution in [2.45, 2.75) is 76.7 Å². The van der Waals surface area contributed by atoms with E-state index in [1.165, 1.54) is 30.5 Å². The molecule has 182 valence electrons. The number of carboxylic acids is 1. The Labute approximate surface area is 203 Å². The summed E-state index contributed by atoms with van der Waals surface area (Å²) in [5, 5.41) is 13.5. The van der Waals surface area contributed by atoms with Crippen molar-refractivity contribution in [1.82, 2.24) is 14.9 Å². The van der Waals surface area contributed by atoms with Crippen LogP contribution in [0.3, 0.4) is 0 Å². The zero-order valence-electron chi connectivity index (χ0n) is 20.4. The Morgan fingerprint density at radius 2 is 2.12 bits per heavy atom. The molecule has 1 saturated carbocycles. The number of hydrogen-bond donors (Lipinski definition) is 2. The molecule has 3 aliphatic rings. The Morgan fingerprint density at radius 1 is 1.24 bits per heavy atom. The van der Waals surface area contributed by atoms with Gasteiger partial charge in [-0.3, -0.25) is 14.7 Å². The van der Waals surface area contributed by atoms with Crippen LogP contribution in [0.25, 0.3) is 0 Å². The molecule has 5 rings (SSSR count). The van der Waals surface area contributed by atoms with Gasteiger partial charge in [-0.2, -0.15) is 0 Å². The summed E-state index contributed by atoms with van der Waals surface area (Å²) in [6.45, 7) is 5.11. The Hall–Kier alpha value is -2.47. The summed E-state index contributed by atoms with van der Waals surface area (Å²) in [7, 11) is 0. The van der Waals surface area contributed by atoms with Gasteiger partial charge in [-0.1, -0.05) is 31.9 Å². The molecule has 2 N–H and O–H groups in total. The largest absolute Gasteiger partial charge is 0.480 e. The zero-order valence-corrected chi connectivity index (χ0v) is 20.4. The molecule has 2 unspecified atom stereocenters. The number of nitrogens with zero attached hydrogens (tertiary/aromatic N) is 3. The lowest BCUT2D eigenvalue weighted by Crippen LogP contribution is -2.33. The summed E-state index contributed by atoms with van der Waals surface area (Å²) in [4.78, 5) is 23.9. The fourth-order valence-corrected chi connectivity index (χ4v) is 5.88. The van der Waals surface area contributed by atoms with Crippen molar-refractivity contribution in [3.8, 4) is 0 Å². The van der Waals surface area contributed by atoms with Gasteiger partial charge in [0.25, 0.3) is 0 Å². The third-order valence-corrected chi connectivity index (χ3v) is 8.08. The maximum Gasteiger partial charge on any atom is 0.325 e. The highest BCUT2D eigenvalue weighted by molar-refractivity contribution is 5.76. The number of unbranched alkanes of at least 4 members (excludes halogenated alkanes) is 1. The first-order valence-electron chi connectivity index (χ1n) is 13.2. The lowest BCUT2D eigenvalue weighted by molar-refractivity contribution is -0.143. The summed E-state index contributed by atoms with van der Waals surface area (Å²) in [5.41, 5.74) is 4.47. The topological polar surface area (TPSA) is 78.4 Å². The number of aromatic nitrogens is 2. The van der Waals surface area contributed by atoms with Crippen LogP contribution in [0.5, 0.6) is 0 Å². The lowest BCUT2D eigenvalue weighted by Gasteiger charge is -2.27. The average molecular weight is 463 g/mol. The molecule has 6 heteroatoms. The van der Waals surface area contributed by atoms with Crippen molar-refractivity contribution in [3.63, 3.8) is 0 Å². The van der Waals surface area contributed by atoms with Crippen LogP contribution in [0, 0.1) is 11.8 Å². The van der Waals surface area contributed by atoms with Crippen molar-refractivity contribution >= 4 is 11.8 Å². The third kappa shape index (κ3) is 5.27. The van der Waals surface area contributed by atoms with E-state index < -0.39 is 12.0 Å². The van der Waals surface area contributed by atoms with E-state index in [2.05, 4.69) is 34.3 Å². The predicted molar refractivity (Wildman–Crippen MR) is 134 cm³/mol. The van der Waals surface area contributed by atoms with Crippen LogP contribution >= 0.6 is 0 Å². The molecule has 4 heterocycles. The van der Waals surface area contributed by atoms with E-state index in [0.29, 0.717) is 17.8 Å². The minimum atomic E-state index is -0.741. The van der Waals surface area contributed by atoms with Crippen LogP contribution in [-0.4, -0.2) is 45.6 Å². The summed E-state index contributed by atoms with van der Waals surface area (Å²) < 4.78 is 0. The third-order valence-electron chi connectivity index (χ3n) is 8.08. The van der Waals surface area contributed by atoms with Crippen molar-refractivity contribution in [1.29, 1.82) is 0 Å². The summed E-state index contributed by atoms with van der Waals surface area (Å²) in [6.07, 6.45) is 12.1. The highest BCUT2D eigenvalue weighted by Gasteiger charge is 2.38. The normalized spacial score (nSPS) is 22.1. The second-order valence-electron chi connectivity index (χ2n) is 10.6. The van der Waals surface area contributed by atoms with Gasteiger partial charge in [-0.05, 0) is 81.0 Å². The number of hydrogen-bond acceptors (Lipinski definition) is 5. The second-order valence-corrected chi connectivity index (χ2v) is 10.6. The number of pyridine rings is 2. The van der Waals surface area contributed by atoms with E-state index in [1.54, 1.807) is 6.20 Å². The maximum atomic E-state index is 12.3. The standard InChI is InChI=1S/C28H38N4O2/c1-19(6-2-3-8-23-13-12-21-7-4-16-30-27(21)31-23)22-14-17-32(18-22)26(28(33)34)24-9-5-15-29-25(24)20-10-11-20/h5,9,12-13,15,19-20,22,26H,2-4,6-8,10-11,14,16-18H2,1H3,(H,30,31)(H,33,34)/t19?,22-,26?/m1/s1. The molecule has 2 fully saturated rings. The van der Waals surface area contributed by atoms with E-state index in [1.807, 2.05) is 12.1 Å². The first-order chi connectivity index (χ1) is 16.6. The smallest absolute Gasteiger partial charge is 0.325 e. The Morgan fingerprint density at radius 3 is 2.94 bits per heavy atom. The van der Waals surface area contributed by atoms with Gasteiger partial charge in [-0.25, -0.2) is 4.98 Å². The average Bonchev–Trinajstić information content (AvgIpc) is 3.59. The molecular formula is C28H38N4O2. The molecule has 3 atom stereocenters. The monoisotopic (exact) mass is 462 g/mol.